The molecule has 1 aromatic rings. The lowest BCUT2D eigenvalue weighted by atomic mass is 9.92. The Hall–Kier alpha value is -0.780. The van der Waals surface area contributed by atoms with Crippen LogP contribution >= 0.6 is 27.5 Å². The van der Waals surface area contributed by atoms with E-state index in [1.807, 2.05) is 39.0 Å². The van der Waals surface area contributed by atoms with E-state index in [4.69, 9.17) is 22.1 Å². The first-order chi connectivity index (χ1) is 10.2. The first-order valence-electron chi connectivity index (χ1n) is 7.37. The zero-order chi connectivity index (χ0) is 16.5. The SMILES string of the molecule is CC(C)(C)OC(=O)N1CCC(N)CC1c1ccc(Br)c(Cl)c1. The number of benzene rings is 1. The third-order valence-corrected chi connectivity index (χ3v) is 4.83. The van der Waals surface area contributed by atoms with Crippen LogP contribution in [0.1, 0.15) is 45.2 Å². The fourth-order valence-corrected chi connectivity index (χ4v) is 3.00. The highest BCUT2D eigenvalue weighted by atomic mass is 79.9. The molecule has 1 saturated heterocycles. The molecule has 2 rings (SSSR count). The number of nitrogens with two attached hydrogens (primary N) is 1. The van der Waals surface area contributed by atoms with E-state index in [2.05, 4.69) is 15.9 Å². The Morgan fingerprint density at radius 1 is 1.45 bits per heavy atom. The number of hydrogen-bond donors (Lipinski definition) is 1. The van der Waals surface area contributed by atoms with Gasteiger partial charge in [0, 0.05) is 17.1 Å². The standard InChI is InChI=1S/C16H22BrClN2O2/c1-16(2,3)22-15(21)20-7-6-11(19)9-14(20)10-4-5-12(17)13(18)8-10/h4-5,8,11,14H,6-7,9,19H2,1-3H3. The van der Waals surface area contributed by atoms with Gasteiger partial charge in [0.25, 0.3) is 0 Å². The van der Waals surface area contributed by atoms with Crippen molar-refractivity contribution < 1.29 is 9.53 Å². The van der Waals surface area contributed by atoms with Gasteiger partial charge in [-0.05, 0) is 67.2 Å². The molecule has 1 aromatic carbocycles. The summed E-state index contributed by atoms with van der Waals surface area (Å²) >= 11 is 9.58. The number of carbonyl (C=O) groups is 1. The predicted octanol–water partition coefficient (Wildman–Crippen LogP) is 4.50. The van der Waals surface area contributed by atoms with E-state index in [-0.39, 0.29) is 18.2 Å². The van der Waals surface area contributed by atoms with E-state index in [1.54, 1.807) is 4.90 Å². The maximum atomic E-state index is 12.5. The van der Waals surface area contributed by atoms with Gasteiger partial charge in [-0.2, -0.15) is 0 Å². The summed E-state index contributed by atoms with van der Waals surface area (Å²) in [6, 6.07) is 5.71. The zero-order valence-corrected chi connectivity index (χ0v) is 15.4. The van der Waals surface area contributed by atoms with Crippen molar-refractivity contribution in [2.24, 2.45) is 5.73 Å². The van der Waals surface area contributed by atoms with E-state index >= 15 is 0 Å². The molecular weight excluding hydrogens is 368 g/mol. The van der Waals surface area contributed by atoms with E-state index in [0.717, 1.165) is 16.5 Å². The van der Waals surface area contributed by atoms with E-state index in [9.17, 15) is 4.79 Å². The molecule has 0 aliphatic carbocycles. The molecule has 22 heavy (non-hydrogen) atoms. The van der Waals surface area contributed by atoms with Gasteiger partial charge in [0.05, 0.1) is 11.1 Å². The summed E-state index contributed by atoms with van der Waals surface area (Å²) < 4.78 is 6.36. The number of halogens is 2. The molecule has 1 aliphatic rings. The second-order valence-corrected chi connectivity index (χ2v) is 7.91. The number of piperidine rings is 1. The summed E-state index contributed by atoms with van der Waals surface area (Å²) in [7, 11) is 0. The molecule has 0 saturated carbocycles. The van der Waals surface area contributed by atoms with Crippen LogP contribution in [-0.4, -0.2) is 29.2 Å². The fraction of sp³-hybridized carbons (Fsp3) is 0.562. The summed E-state index contributed by atoms with van der Waals surface area (Å²) in [5, 5.41) is 0.626. The van der Waals surface area contributed by atoms with Crippen molar-refractivity contribution in [1.29, 1.82) is 0 Å². The quantitative estimate of drug-likeness (QED) is 0.769. The Balaban J connectivity index is 2.26. The van der Waals surface area contributed by atoms with Crippen LogP contribution in [0.25, 0.3) is 0 Å². The Morgan fingerprint density at radius 2 is 2.14 bits per heavy atom. The van der Waals surface area contributed by atoms with Crippen LogP contribution in [0.2, 0.25) is 5.02 Å². The van der Waals surface area contributed by atoms with Crippen molar-refractivity contribution in [3.8, 4) is 0 Å². The van der Waals surface area contributed by atoms with Gasteiger partial charge < -0.3 is 15.4 Å². The third-order valence-electron chi connectivity index (χ3n) is 3.60. The average molecular weight is 390 g/mol. The lowest BCUT2D eigenvalue weighted by Crippen LogP contribution is -2.46. The number of amides is 1. The predicted molar refractivity (Wildman–Crippen MR) is 92.0 cm³/mol. The van der Waals surface area contributed by atoms with E-state index in [0.29, 0.717) is 18.0 Å². The molecular formula is C16H22BrClN2O2. The van der Waals surface area contributed by atoms with Gasteiger partial charge in [0.1, 0.15) is 5.60 Å². The number of ether oxygens (including phenoxy) is 1. The van der Waals surface area contributed by atoms with Gasteiger partial charge in [-0.3, -0.25) is 0 Å². The Kier molecular flexibility index (Phi) is 5.41. The fourth-order valence-electron chi connectivity index (χ4n) is 2.57. The highest BCUT2D eigenvalue weighted by Gasteiger charge is 2.34. The number of carbonyl (C=O) groups excluding carboxylic acids is 1. The van der Waals surface area contributed by atoms with Crippen LogP contribution in [0, 0.1) is 0 Å². The van der Waals surface area contributed by atoms with Crippen molar-refractivity contribution in [3.05, 3.63) is 33.3 Å². The molecule has 0 bridgehead atoms. The minimum absolute atomic E-state index is 0.0751. The van der Waals surface area contributed by atoms with Gasteiger partial charge >= 0.3 is 6.09 Å². The van der Waals surface area contributed by atoms with Crippen molar-refractivity contribution in [1.82, 2.24) is 4.90 Å². The third kappa shape index (κ3) is 4.37. The van der Waals surface area contributed by atoms with Crippen LogP contribution in [-0.2, 0) is 4.74 Å². The molecule has 122 valence electrons. The molecule has 1 amide bonds. The summed E-state index contributed by atoms with van der Waals surface area (Å²) in [6.45, 7) is 6.19. The molecule has 2 N–H and O–H groups in total. The molecule has 0 aromatic heterocycles. The van der Waals surface area contributed by atoms with Gasteiger partial charge in [0.2, 0.25) is 0 Å². The summed E-state index contributed by atoms with van der Waals surface area (Å²) in [6.07, 6.45) is 1.18. The van der Waals surface area contributed by atoms with Crippen molar-refractivity contribution in [2.45, 2.75) is 51.3 Å². The average Bonchev–Trinajstić information content (AvgIpc) is 2.39. The van der Waals surface area contributed by atoms with Gasteiger partial charge in [0.15, 0.2) is 0 Å². The van der Waals surface area contributed by atoms with Crippen LogP contribution in [0.3, 0.4) is 0 Å². The molecule has 2 atom stereocenters. The largest absolute Gasteiger partial charge is 0.444 e. The summed E-state index contributed by atoms with van der Waals surface area (Å²) in [5.41, 5.74) is 6.56. The minimum atomic E-state index is -0.515. The van der Waals surface area contributed by atoms with Crippen LogP contribution < -0.4 is 5.73 Å². The molecule has 2 unspecified atom stereocenters. The molecule has 1 fully saturated rings. The Labute approximate surface area is 145 Å². The smallest absolute Gasteiger partial charge is 0.410 e. The monoisotopic (exact) mass is 388 g/mol. The van der Waals surface area contributed by atoms with Crippen molar-refractivity contribution >= 4 is 33.6 Å². The van der Waals surface area contributed by atoms with Gasteiger partial charge in [-0.1, -0.05) is 17.7 Å². The topological polar surface area (TPSA) is 55.6 Å². The van der Waals surface area contributed by atoms with Crippen molar-refractivity contribution in [3.63, 3.8) is 0 Å². The highest BCUT2D eigenvalue weighted by molar-refractivity contribution is 9.10. The van der Waals surface area contributed by atoms with Crippen LogP contribution in [0.4, 0.5) is 4.79 Å². The number of likely N-dealkylation sites (tertiary alicyclic amines) is 1. The zero-order valence-electron chi connectivity index (χ0n) is 13.1. The van der Waals surface area contributed by atoms with Gasteiger partial charge in [-0.25, -0.2) is 4.79 Å². The van der Waals surface area contributed by atoms with Crippen molar-refractivity contribution in [2.75, 3.05) is 6.54 Å². The van der Waals surface area contributed by atoms with Crippen LogP contribution in [0.15, 0.2) is 22.7 Å². The maximum Gasteiger partial charge on any atom is 0.410 e. The molecule has 0 spiro atoms. The summed E-state index contributed by atoms with van der Waals surface area (Å²) in [5.74, 6) is 0. The second kappa shape index (κ2) is 6.77. The van der Waals surface area contributed by atoms with E-state index < -0.39 is 5.60 Å². The Bertz CT molecular complexity index is 560. The molecule has 1 aliphatic heterocycles. The maximum absolute atomic E-state index is 12.5. The highest BCUT2D eigenvalue weighted by Crippen LogP contribution is 2.34. The molecule has 0 radical (unpaired) electrons. The lowest BCUT2D eigenvalue weighted by Gasteiger charge is -2.39. The Morgan fingerprint density at radius 3 is 2.73 bits per heavy atom. The van der Waals surface area contributed by atoms with Crippen LogP contribution in [0.5, 0.6) is 0 Å². The first kappa shape index (κ1) is 17.6. The molecule has 4 nitrogen and oxygen atoms in total. The summed E-state index contributed by atoms with van der Waals surface area (Å²) in [4.78, 5) is 14.2. The number of nitrogens with zero attached hydrogens (tertiary/aromatic N) is 1. The lowest BCUT2D eigenvalue weighted by molar-refractivity contribution is 0.00797. The molecule has 1 heterocycles. The minimum Gasteiger partial charge on any atom is -0.444 e. The van der Waals surface area contributed by atoms with Gasteiger partial charge in [-0.15, -0.1) is 0 Å². The first-order valence-corrected chi connectivity index (χ1v) is 8.54. The number of rotatable bonds is 1. The van der Waals surface area contributed by atoms with E-state index in [1.165, 1.54) is 0 Å². The second-order valence-electron chi connectivity index (χ2n) is 6.65. The molecule has 6 heteroatoms. The number of hydrogen-bond acceptors (Lipinski definition) is 3. The normalized spacial score (nSPS) is 22.5.